The molecule has 4 nitrogen and oxygen atoms in total. The molecule has 0 aromatic rings. The summed E-state index contributed by atoms with van der Waals surface area (Å²) in [6.07, 6.45) is 4.80. The molecular weight excluding hydrogens is 287 g/mol. The summed E-state index contributed by atoms with van der Waals surface area (Å²) >= 11 is -0.306. The largest absolute Gasteiger partial charge is 0.326 e. The molecule has 2 atom stereocenters. The van der Waals surface area contributed by atoms with E-state index in [-0.39, 0.29) is 38.6 Å². The molecule has 92 valence electrons. The van der Waals surface area contributed by atoms with Gasteiger partial charge in [0, 0.05) is 12.1 Å². The average molecular weight is 307 g/mol. The first kappa shape index (κ1) is 14.9. The van der Waals surface area contributed by atoms with E-state index < -0.39 is 0 Å². The van der Waals surface area contributed by atoms with Crippen molar-refractivity contribution in [2.24, 2.45) is 11.5 Å². The zero-order valence-electron chi connectivity index (χ0n) is 9.27. The fourth-order valence-electron chi connectivity index (χ4n) is 1.35. The minimum atomic E-state index is -0.306. The van der Waals surface area contributed by atoms with Crippen LogP contribution >= 0.6 is 0 Å². The van der Waals surface area contributed by atoms with Crippen molar-refractivity contribution in [1.29, 1.82) is 0 Å². The number of nitrogens with two attached hydrogens (primary N) is 2. The molecule has 2 unspecified atom stereocenters. The summed E-state index contributed by atoms with van der Waals surface area (Å²) in [5, 5.41) is 0. The summed E-state index contributed by atoms with van der Waals surface area (Å²) in [7, 11) is 0. The van der Waals surface area contributed by atoms with Gasteiger partial charge >= 0.3 is 49.9 Å². The first-order chi connectivity index (χ1) is 6.93. The van der Waals surface area contributed by atoms with Crippen molar-refractivity contribution in [3.8, 4) is 0 Å². The molecule has 0 spiro atoms. The van der Waals surface area contributed by atoms with Gasteiger partial charge in [0.25, 0.3) is 0 Å². The molecule has 1 fully saturated rings. The van der Waals surface area contributed by atoms with Crippen LogP contribution in [0.2, 0.25) is 0 Å². The molecule has 4 N–H and O–H groups in total. The predicted octanol–water partition coefficient (Wildman–Crippen LogP) is 0.377. The second-order valence-corrected chi connectivity index (χ2v) is 6.12. The Morgan fingerprint density at radius 2 is 1.33 bits per heavy atom. The molecule has 0 saturated heterocycles. The fraction of sp³-hybridized carbons (Fsp3) is 0.800. The summed E-state index contributed by atoms with van der Waals surface area (Å²) in [6.45, 7) is 2.85. The normalized spacial score (nSPS) is 25.3. The van der Waals surface area contributed by atoms with Crippen molar-refractivity contribution in [2.75, 3.05) is 0 Å². The molecule has 5 heteroatoms. The average Bonchev–Trinajstić information content (AvgIpc) is 2.08. The van der Waals surface area contributed by atoms with Gasteiger partial charge in [-0.05, 0) is 12.8 Å². The Kier molecular flexibility index (Phi) is 8.08. The van der Waals surface area contributed by atoms with E-state index in [9.17, 15) is 9.59 Å². The van der Waals surface area contributed by atoms with Gasteiger partial charge in [-0.1, -0.05) is 12.8 Å². The van der Waals surface area contributed by atoms with Crippen LogP contribution in [0.25, 0.3) is 0 Å². The Labute approximate surface area is 99.3 Å². The molecule has 15 heavy (non-hydrogen) atoms. The van der Waals surface area contributed by atoms with Crippen LogP contribution in [0.1, 0.15) is 39.5 Å². The van der Waals surface area contributed by atoms with Gasteiger partial charge in [0.2, 0.25) is 0 Å². The van der Waals surface area contributed by atoms with Gasteiger partial charge < -0.3 is 11.5 Å². The Hall–Kier alpha value is -0.0777. The smallest absolute Gasteiger partial charge is 0.0192 e. The summed E-state index contributed by atoms with van der Waals surface area (Å²) in [5.41, 5.74) is 11.3. The maximum Gasteiger partial charge on any atom is 0.0192 e. The molecule has 0 bridgehead atoms. The molecule has 0 radical (unpaired) electrons. The molecule has 0 aliphatic heterocycles. The number of rotatable bonds is 2. The fourth-order valence-corrected chi connectivity index (χ4v) is 2.12. The minimum absolute atomic E-state index is 0.0125. The van der Waals surface area contributed by atoms with Crippen molar-refractivity contribution in [2.45, 2.75) is 51.6 Å². The quantitative estimate of drug-likeness (QED) is 0.722. The van der Waals surface area contributed by atoms with Crippen LogP contribution in [0.5, 0.6) is 0 Å². The Balaban J connectivity index is 0.000000265. The van der Waals surface area contributed by atoms with Crippen LogP contribution in [0.4, 0.5) is 0 Å². The molecule has 0 aromatic heterocycles. The Morgan fingerprint density at radius 3 is 1.47 bits per heavy atom. The van der Waals surface area contributed by atoms with E-state index in [2.05, 4.69) is 0 Å². The molecular formula is C10H20N2O2Pd. The third kappa shape index (κ3) is 8.89. The molecule has 1 aliphatic carbocycles. The van der Waals surface area contributed by atoms with Crippen molar-refractivity contribution in [3.05, 3.63) is 0 Å². The summed E-state index contributed by atoms with van der Waals surface area (Å²) < 4.78 is -0.0250. The maximum atomic E-state index is 10.1. The van der Waals surface area contributed by atoms with Crippen LogP contribution in [0.15, 0.2) is 0 Å². The Bertz CT molecular complexity index is 199. The van der Waals surface area contributed by atoms with Gasteiger partial charge in [0.05, 0.1) is 0 Å². The van der Waals surface area contributed by atoms with Gasteiger partial charge in [-0.2, -0.15) is 0 Å². The first-order valence-corrected chi connectivity index (χ1v) is 6.60. The molecule has 1 aliphatic rings. The van der Waals surface area contributed by atoms with E-state index in [1.54, 1.807) is 0 Å². The molecule has 1 saturated carbocycles. The number of carbonyl (C=O) groups is 2. The van der Waals surface area contributed by atoms with E-state index in [4.69, 9.17) is 11.5 Å². The van der Waals surface area contributed by atoms with E-state index >= 15 is 0 Å². The van der Waals surface area contributed by atoms with E-state index in [0.29, 0.717) is 0 Å². The van der Waals surface area contributed by atoms with E-state index in [0.717, 1.165) is 12.8 Å². The van der Waals surface area contributed by atoms with Crippen molar-refractivity contribution < 1.29 is 27.6 Å². The van der Waals surface area contributed by atoms with Crippen molar-refractivity contribution in [3.63, 3.8) is 0 Å². The van der Waals surface area contributed by atoms with Crippen molar-refractivity contribution >= 4 is 8.51 Å². The predicted molar refractivity (Wildman–Crippen MR) is 55.8 cm³/mol. The summed E-state index contributed by atoms with van der Waals surface area (Å²) in [5.74, 6) is 0. The third-order valence-corrected chi connectivity index (χ3v) is 3.19. The second-order valence-electron chi connectivity index (χ2n) is 3.54. The maximum absolute atomic E-state index is 10.1. The summed E-state index contributed by atoms with van der Waals surface area (Å²) in [6, 6.07) is 0.562. The SMILES string of the molecule is C[C](=O)[Pd][C](C)=O.NC1CCCCC1N. The minimum Gasteiger partial charge on any atom is -0.326 e. The second kappa shape index (κ2) is 8.12. The number of hydrogen-bond acceptors (Lipinski definition) is 4. The molecule has 1 rings (SSSR count). The topological polar surface area (TPSA) is 86.2 Å². The summed E-state index contributed by atoms with van der Waals surface area (Å²) in [4.78, 5) is 20.1. The van der Waals surface area contributed by atoms with Crippen LogP contribution in [-0.4, -0.2) is 20.6 Å². The molecule has 0 amide bonds. The third-order valence-electron chi connectivity index (χ3n) is 2.10. The first-order valence-electron chi connectivity index (χ1n) is 5.04. The van der Waals surface area contributed by atoms with Crippen molar-refractivity contribution in [1.82, 2.24) is 0 Å². The van der Waals surface area contributed by atoms with Gasteiger partial charge in [0.1, 0.15) is 0 Å². The van der Waals surface area contributed by atoms with Crippen LogP contribution < -0.4 is 11.5 Å². The van der Waals surface area contributed by atoms with Crippen LogP contribution in [0, 0.1) is 0 Å². The van der Waals surface area contributed by atoms with Gasteiger partial charge in [0.15, 0.2) is 0 Å². The Morgan fingerprint density at radius 1 is 1.00 bits per heavy atom. The van der Waals surface area contributed by atoms with Crippen LogP contribution in [0.3, 0.4) is 0 Å². The van der Waals surface area contributed by atoms with Gasteiger partial charge in [-0.25, -0.2) is 0 Å². The van der Waals surface area contributed by atoms with E-state index in [1.165, 1.54) is 26.7 Å². The standard InChI is InChI=1S/C6H14N2.2C2H3O.Pd/c7-5-3-1-2-4-6(5)8;2*1-2-3;/h5-6H,1-4,7-8H2;2*1H3;. The zero-order valence-corrected chi connectivity index (χ0v) is 10.8. The molecule has 0 aromatic carbocycles. The molecule has 0 heterocycles. The monoisotopic (exact) mass is 306 g/mol. The zero-order chi connectivity index (χ0) is 11.8. The van der Waals surface area contributed by atoms with E-state index in [1.807, 2.05) is 0 Å². The van der Waals surface area contributed by atoms with Gasteiger partial charge in [-0.3, -0.25) is 0 Å². The number of hydrogen-bond donors (Lipinski definition) is 2. The van der Waals surface area contributed by atoms with Crippen LogP contribution in [-0.2, 0) is 27.6 Å². The van der Waals surface area contributed by atoms with Gasteiger partial charge in [-0.15, -0.1) is 0 Å². The number of carbonyl (C=O) groups excluding carboxylic acids is 2.